The highest BCUT2D eigenvalue weighted by Crippen LogP contribution is 2.26. The molecule has 21 heavy (non-hydrogen) atoms. The number of carbonyl (C=O) groups is 1. The number of benzene rings is 1. The number of rotatable bonds is 4. The van der Waals surface area contributed by atoms with Crippen molar-refractivity contribution in [2.75, 3.05) is 12.5 Å². The van der Waals surface area contributed by atoms with Crippen LogP contribution in [0.25, 0.3) is 0 Å². The van der Waals surface area contributed by atoms with Gasteiger partial charge >= 0.3 is 0 Å². The Morgan fingerprint density at radius 2 is 2.00 bits per heavy atom. The lowest BCUT2D eigenvalue weighted by Gasteiger charge is -2.25. The number of nitrogens with zero attached hydrogens (tertiary/aromatic N) is 3. The monoisotopic (exact) mass is 305 g/mol. The Kier molecular flexibility index (Phi) is 4.72. The molecule has 1 atom stereocenters. The number of halogens is 1. The number of nitrogens with two attached hydrogens (primary N) is 1. The summed E-state index contributed by atoms with van der Waals surface area (Å²) in [6.07, 6.45) is 0. The van der Waals surface area contributed by atoms with Gasteiger partial charge in [0.2, 0.25) is 0 Å². The minimum atomic E-state index is -0.238. The molecule has 0 aliphatic heterocycles. The lowest BCUT2D eigenvalue weighted by Crippen LogP contribution is -2.30. The van der Waals surface area contributed by atoms with Gasteiger partial charge in [0.25, 0.3) is 5.91 Å². The number of amides is 1. The molecule has 110 valence electrons. The molecule has 0 saturated carbocycles. The Balaban J connectivity index is 2.20. The Bertz CT molecular complexity index is 632. The van der Waals surface area contributed by atoms with Gasteiger partial charge in [0.05, 0.1) is 6.04 Å². The number of nitrogen functional groups attached to an aromatic ring is 1. The third-order valence-electron chi connectivity index (χ3n) is 3.29. The highest BCUT2D eigenvalue weighted by atomic mass is 35.5. The molecular formula is C14H16ClN5O. The molecule has 1 unspecified atom stereocenters. The summed E-state index contributed by atoms with van der Waals surface area (Å²) in [4.78, 5) is 14.0. The van der Waals surface area contributed by atoms with Crippen LogP contribution in [0.1, 0.15) is 29.0 Å². The van der Waals surface area contributed by atoms with E-state index in [-0.39, 0.29) is 17.6 Å². The molecule has 1 heterocycles. The quantitative estimate of drug-likeness (QED) is 0.668. The maximum atomic E-state index is 12.4. The van der Waals surface area contributed by atoms with Gasteiger partial charge in [-0.25, -0.2) is 5.84 Å². The Morgan fingerprint density at radius 3 is 2.57 bits per heavy atom. The standard InChI is InChI=1S/C14H16ClN5O/c1-9(10-5-3-4-6-11(10)15)20(2)14(21)12-7-8-13(17-16)19-18-12/h3-9H,16H2,1-2H3,(H,17,19). The third-order valence-corrected chi connectivity index (χ3v) is 3.63. The highest BCUT2D eigenvalue weighted by molar-refractivity contribution is 6.31. The second kappa shape index (κ2) is 6.51. The Morgan fingerprint density at radius 1 is 1.29 bits per heavy atom. The van der Waals surface area contributed by atoms with Crippen LogP contribution >= 0.6 is 11.6 Å². The van der Waals surface area contributed by atoms with E-state index in [2.05, 4.69) is 15.6 Å². The fourth-order valence-corrected chi connectivity index (χ4v) is 2.20. The van der Waals surface area contributed by atoms with E-state index in [0.29, 0.717) is 10.8 Å². The lowest BCUT2D eigenvalue weighted by molar-refractivity contribution is 0.0735. The fraction of sp³-hybridized carbons (Fsp3) is 0.214. The molecule has 0 radical (unpaired) electrons. The van der Waals surface area contributed by atoms with Gasteiger partial charge < -0.3 is 10.3 Å². The summed E-state index contributed by atoms with van der Waals surface area (Å²) in [7, 11) is 1.70. The second-order valence-corrected chi connectivity index (χ2v) is 4.97. The van der Waals surface area contributed by atoms with E-state index >= 15 is 0 Å². The Labute approximate surface area is 127 Å². The van der Waals surface area contributed by atoms with Crippen molar-refractivity contribution < 1.29 is 4.79 Å². The summed E-state index contributed by atoms with van der Waals surface area (Å²) in [6.45, 7) is 1.91. The van der Waals surface area contributed by atoms with Crippen LogP contribution in [0, 0.1) is 0 Å². The molecule has 6 nitrogen and oxygen atoms in total. The minimum absolute atomic E-state index is 0.180. The summed E-state index contributed by atoms with van der Waals surface area (Å²) in [5.74, 6) is 5.37. The fourth-order valence-electron chi connectivity index (χ4n) is 1.90. The average Bonchev–Trinajstić information content (AvgIpc) is 2.53. The number of aromatic nitrogens is 2. The molecule has 1 aromatic carbocycles. The van der Waals surface area contributed by atoms with Crippen LogP contribution in [-0.2, 0) is 0 Å². The first-order valence-corrected chi connectivity index (χ1v) is 6.74. The molecule has 0 aliphatic rings. The highest BCUT2D eigenvalue weighted by Gasteiger charge is 2.21. The zero-order valence-corrected chi connectivity index (χ0v) is 12.5. The number of carbonyl (C=O) groups excluding carboxylic acids is 1. The number of hydrogen-bond acceptors (Lipinski definition) is 5. The molecule has 2 aromatic rings. The predicted octanol–water partition coefficient (Wildman–Crippen LogP) is 2.25. The van der Waals surface area contributed by atoms with Crippen LogP contribution in [0.15, 0.2) is 36.4 Å². The molecule has 2 rings (SSSR count). The molecule has 0 spiro atoms. The van der Waals surface area contributed by atoms with E-state index in [4.69, 9.17) is 17.4 Å². The molecule has 0 saturated heterocycles. The van der Waals surface area contributed by atoms with Crippen LogP contribution in [0.4, 0.5) is 5.82 Å². The second-order valence-electron chi connectivity index (χ2n) is 4.56. The molecule has 3 N–H and O–H groups in total. The van der Waals surface area contributed by atoms with Crippen molar-refractivity contribution in [1.29, 1.82) is 0 Å². The van der Waals surface area contributed by atoms with Gasteiger partial charge in [-0.3, -0.25) is 4.79 Å². The lowest BCUT2D eigenvalue weighted by atomic mass is 10.1. The first-order chi connectivity index (χ1) is 10.0. The third kappa shape index (κ3) is 3.29. The Hall–Kier alpha value is -2.18. The van der Waals surface area contributed by atoms with Crippen LogP contribution in [0.5, 0.6) is 0 Å². The maximum absolute atomic E-state index is 12.4. The SMILES string of the molecule is CC(c1ccccc1Cl)N(C)C(=O)c1ccc(NN)nn1. The van der Waals surface area contributed by atoms with Crippen molar-refractivity contribution in [3.8, 4) is 0 Å². The van der Waals surface area contributed by atoms with Crippen molar-refractivity contribution in [3.05, 3.63) is 52.7 Å². The number of hydrazine groups is 1. The van der Waals surface area contributed by atoms with Crippen molar-refractivity contribution in [3.63, 3.8) is 0 Å². The smallest absolute Gasteiger partial charge is 0.274 e. The summed E-state index contributed by atoms with van der Waals surface area (Å²) in [6, 6.07) is 10.4. The van der Waals surface area contributed by atoms with Crippen molar-refractivity contribution in [1.82, 2.24) is 15.1 Å². The van der Waals surface area contributed by atoms with E-state index in [1.54, 1.807) is 30.1 Å². The molecule has 7 heteroatoms. The summed E-state index contributed by atoms with van der Waals surface area (Å²) < 4.78 is 0. The molecule has 0 aliphatic carbocycles. The first-order valence-electron chi connectivity index (χ1n) is 6.36. The van der Waals surface area contributed by atoms with Crippen molar-refractivity contribution in [2.45, 2.75) is 13.0 Å². The van der Waals surface area contributed by atoms with Gasteiger partial charge in [-0.05, 0) is 30.7 Å². The number of anilines is 1. The molecule has 1 aromatic heterocycles. The first kappa shape index (κ1) is 15.2. The normalized spacial score (nSPS) is 11.8. The van der Waals surface area contributed by atoms with Crippen molar-refractivity contribution in [2.24, 2.45) is 5.84 Å². The molecular weight excluding hydrogens is 290 g/mol. The number of nitrogens with one attached hydrogen (secondary N) is 1. The molecule has 0 fully saturated rings. The van der Waals surface area contributed by atoms with E-state index in [9.17, 15) is 4.79 Å². The van der Waals surface area contributed by atoms with Crippen molar-refractivity contribution >= 4 is 23.3 Å². The van der Waals surface area contributed by atoms with Gasteiger partial charge in [-0.15, -0.1) is 10.2 Å². The van der Waals surface area contributed by atoms with E-state index in [1.165, 1.54) is 0 Å². The summed E-state index contributed by atoms with van der Waals surface area (Å²) >= 11 is 6.17. The topological polar surface area (TPSA) is 84.1 Å². The van der Waals surface area contributed by atoms with Crippen LogP contribution in [0.2, 0.25) is 5.02 Å². The maximum Gasteiger partial charge on any atom is 0.274 e. The zero-order valence-electron chi connectivity index (χ0n) is 11.7. The average molecular weight is 306 g/mol. The predicted molar refractivity (Wildman–Crippen MR) is 81.8 cm³/mol. The van der Waals surface area contributed by atoms with Crippen LogP contribution in [-0.4, -0.2) is 28.1 Å². The van der Waals surface area contributed by atoms with Crippen LogP contribution in [0.3, 0.4) is 0 Å². The minimum Gasteiger partial charge on any atom is -0.333 e. The van der Waals surface area contributed by atoms with E-state index in [0.717, 1.165) is 5.56 Å². The van der Waals surface area contributed by atoms with Gasteiger partial charge in [0.15, 0.2) is 11.5 Å². The van der Waals surface area contributed by atoms with Gasteiger partial charge in [0, 0.05) is 12.1 Å². The summed E-state index contributed by atoms with van der Waals surface area (Å²) in [5, 5.41) is 8.27. The zero-order chi connectivity index (χ0) is 15.4. The van der Waals surface area contributed by atoms with Gasteiger partial charge in [-0.2, -0.15) is 0 Å². The van der Waals surface area contributed by atoms with E-state index < -0.39 is 0 Å². The van der Waals surface area contributed by atoms with Gasteiger partial charge in [0.1, 0.15) is 0 Å². The molecule has 1 amide bonds. The largest absolute Gasteiger partial charge is 0.333 e. The van der Waals surface area contributed by atoms with Gasteiger partial charge in [-0.1, -0.05) is 29.8 Å². The van der Waals surface area contributed by atoms with Crippen LogP contribution < -0.4 is 11.3 Å². The number of hydrogen-bond donors (Lipinski definition) is 2. The van der Waals surface area contributed by atoms with E-state index in [1.807, 2.05) is 25.1 Å². The summed E-state index contributed by atoms with van der Waals surface area (Å²) in [5.41, 5.74) is 3.49. The molecule has 0 bridgehead atoms.